The zero-order chi connectivity index (χ0) is 23.1. The molecule has 0 aromatic heterocycles. The van der Waals surface area contributed by atoms with Crippen molar-refractivity contribution < 1.29 is 14.4 Å². The van der Waals surface area contributed by atoms with Crippen LogP contribution >= 0.6 is 0 Å². The highest BCUT2D eigenvalue weighted by atomic mass is 16.2. The van der Waals surface area contributed by atoms with Gasteiger partial charge in [0.15, 0.2) is 5.78 Å². The number of carbonyl (C=O) groups is 3. The molecule has 1 aliphatic rings. The summed E-state index contributed by atoms with van der Waals surface area (Å²) >= 11 is 0. The third kappa shape index (κ3) is 6.26. The largest absolute Gasteiger partial charge is 0.340 e. The maximum atomic E-state index is 12.5. The zero-order valence-corrected chi connectivity index (χ0v) is 19.3. The molecular formula is C26H33N3O3. The number of hydrogen-bond donors (Lipinski definition) is 1. The Morgan fingerprint density at radius 2 is 1.59 bits per heavy atom. The quantitative estimate of drug-likeness (QED) is 0.643. The average molecular weight is 436 g/mol. The first-order chi connectivity index (χ1) is 15.4. The van der Waals surface area contributed by atoms with Gasteiger partial charge in [-0.25, -0.2) is 0 Å². The van der Waals surface area contributed by atoms with Gasteiger partial charge in [0.25, 0.3) is 0 Å². The number of piperazine rings is 1. The number of amides is 2. The van der Waals surface area contributed by atoms with Crippen LogP contribution in [0.4, 0.5) is 5.69 Å². The molecule has 0 bridgehead atoms. The van der Waals surface area contributed by atoms with Gasteiger partial charge in [0.05, 0.1) is 6.54 Å². The molecule has 1 aliphatic heterocycles. The summed E-state index contributed by atoms with van der Waals surface area (Å²) in [5.41, 5.74) is 4.92. The van der Waals surface area contributed by atoms with Crippen molar-refractivity contribution in [1.82, 2.24) is 9.80 Å². The molecule has 170 valence electrons. The van der Waals surface area contributed by atoms with Crippen LogP contribution in [0.1, 0.15) is 46.8 Å². The lowest BCUT2D eigenvalue weighted by atomic mass is 10.0. The summed E-state index contributed by atoms with van der Waals surface area (Å²) in [6.07, 6.45) is 1.39. The van der Waals surface area contributed by atoms with Gasteiger partial charge in [-0.15, -0.1) is 0 Å². The standard InChI is InChI=1S/C26H33N3O3/c1-4-21-8-10-22(11-9-21)24(30)12-13-26(32)29-16-14-28(15-17-29)18-25(31)27-23-7-5-6-19(2)20(23)3/h5-11H,4,12-18H2,1-3H3,(H,27,31). The number of aryl methyl sites for hydroxylation is 2. The molecule has 3 rings (SSSR count). The minimum Gasteiger partial charge on any atom is -0.340 e. The average Bonchev–Trinajstić information content (AvgIpc) is 2.80. The summed E-state index contributed by atoms with van der Waals surface area (Å²) < 4.78 is 0. The predicted molar refractivity (Wildman–Crippen MR) is 127 cm³/mol. The Bertz CT molecular complexity index is 961. The van der Waals surface area contributed by atoms with Crippen molar-refractivity contribution in [1.29, 1.82) is 0 Å². The van der Waals surface area contributed by atoms with Gasteiger partial charge in [-0.05, 0) is 43.0 Å². The molecule has 0 aliphatic carbocycles. The van der Waals surface area contributed by atoms with E-state index in [1.54, 1.807) is 4.90 Å². The lowest BCUT2D eigenvalue weighted by Crippen LogP contribution is -2.50. The monoisotopic (exact) mass is 435 g/mol. The molecular weight excluding hydrogens is 402 g/mol. The van der Waals surface area contributed by atoms with Crippen molar-refractivity contribution in [3.63, 3.8) is 0 Å². The number of ketones is 1. The fourth-order valence-corrected chi connectivity index (χ4v) is 3.88. The Morgan fingerprint density at radius 3 is 2.25 bits per heavy atom. The molecule has 1 N–H and O–H groups in total. The molecule has 32 heavy (non-hydrogen) atoms. The summed E-state index contributed by atoms with van der Waals surface area (Å²) in [5.74, 6) is -0.0380. The van der Waals surface area contributed by atoms with Crippen LogP contribution in [0.3, 0.4) is 0 Å². The minimum absolute atomic E-state index is 0.00255. The van der Waals surface area contributed by atoms with Crippen molar-refractivity contribution in [2.45, 2.75) is 40.0 Å². The fraction of sp³-hybridized carbons (Fsp3) is 0.423. The van der Waals surface area contributed by atoms with Gasteiger partial charge < -0.3 is 10.2 Å². The summed E-state index contributed by atoms with van der Waals surface area (Å²) in [7, 11) is 0. The van der Waals surface area contributed by atoms with Crippen LogP contribution in [0.25, 0.3) is 0 Å². The zero-order valence-electron chi connectivity index (χ0n) is 19.3. The molecule has 0 unspecified atom stereocenters. The third-order valence-electron chi connectivity index (χ3n) is 6.22. The molecule has 0 radical (unpaired) electrons. The highest BCUT2D eigenvalue weighted by Gasteiger charge is 2.23. The highest BCUT2D eigenvalue weighted by Crippen LogP contribution is 2.18. The number of hydrogen-bond acceptors (Lipinski definition) is 4. The van der Waals surface area contributed by atoms with Crippen LogP contribution in [0.2, 0.25) is 0 Å². The van der Waals surface area contributed by atoms with E-state index in [0.29, 0.717) is 38.3 Å². The van der Waals surface area contributed by atoms with Crippen molar-refractivity contribution in [3.8, 4) is 0 Å². The Balaban J connectivity index is 1.40. The first-order valence-corrected chi connectivity index (χ1v) is 11.4. The summed E-state index contributed by atoms with van der Waals surface area (Å²) in [6.45, 7) is 8.87. The van der Waals surface area contributed by atoms with Crippen LogP contribution in [-0.2, 0) is 16.0 Å². The van der Waals surface area contributed by atoms with Crippen LogP contribution in [0, 0.1) is 13.8 Å². The Morgan fingerprint density at radius 1 is 0.906 bits per heavy atom. The van der Waals surface area contributed by atoms with Gasteiger partial charge in [0.1, 0.15) is 0 Å². The summed E-state index contributed by atoms with van der Waals surface area (Å²) in [5, 5.41) is 2.99. The molecule has 1 heterocycles. The lowest BCUT2D eigenvalue weighted by molar-refractivity contribution is -0.133. The second-order valence-electron chi connectivity index (χ2n) is 8.43. The van der Waals surface area contributed by atoms with E-state index in [2.05, 4.69) is 17.1 Å². The fourth-order valence-electron chi connectivity index (χ4n) is 3.88. The van der Waals surface area contributed by atoms with Gasteiger partial charge >= 0.3 is 0 Å². The number of carbonyl (C=O) groups excluding carboxylic acids is 3. The van der Waals surface area contributed by atoms with E-state index in [4.69, 9.17) is 0 Å². The van der Waals surface area contributed by atoms with Crippen LogP contribution in [-0.4, -0.2) is 60.1 Å². The molecule has 1 saturated heterocycles. The number of rotatable bonds is 8. The molecule has 6 nitrogen and oxygen atoms in total. The lowest BCUT2D eigenvalue weighted by Gasteiger charge is -2.34. The third-order valence-corrected chi connectivity index (χ3v) is 6.22. The van der Waals surface area contributed by atoms with Crippen molar-refractivity contribution in [3.05, 3.63) is 64.7 Å². The molecule has 0 spiro atoms. The molecule has 0 saturated carbocycles. The second kappa shape index (κ2) is 11.0. The van der Waals surface area contributed by atoms with Gasteiger partial charge in [0, 0.05) is 50.3 Å². The van der Waals surface area contributed by atoms with Crippen LogP contribution in [0.15, 0.2) is 42.5 Å². The smallest absolute Gasteiger partial charge is 0.238 e. The number of anilines is 1. The normalized spacial score (nSPS) is 14.3. The van der Waals surface area contributed by atoms with E-state index in [-0.39, 0.29) is 30.4 Å². The van der Waals surface area contributed by atoms with Crippen molar-refractivity contribution >= 4 is 23.3 Å². The summed E-state index contributed by atoms with van der Waals surface area (Å²) in [4.78, 5) is 41.2. The van der Waals surface area contributed by atoms with Gasteiger partial charge in [-0.1, -0.05) is 43.3 Å². The van der Waals surface area contributed by atoms with Crippen LogP contribution in [0.5, 0.6) is 0 Å². The highest BCUT2D eigenvalue weighted by molar-refractivity contribution is 5.98. The van der Waals surface area contributed by atoms with E-state index in [1.807, 2.05) is 56.3 Å². The number of nitrogens with one attached hydrogen (secondary N) is 1. The Hall–Kier alpha value is -2.99. The topological polar surface area (TPSA) is 69.7 Å². The Kier molecular flexibility index (Phi) is 8.17. The summed E-state index contributed by atoms with van der Waals surface area (Å²) in [6, 6.07) is 13.5. The molecule has 6 heteroatoms. The van der Waals surface area contributed by atoms with Crippen molar-refractivity contribution in [2.24, 2.45) is 0 Å². The minimum atomic E-state index is -0.0434. The number of Topliss-reactive ketones (excluding diaryl/α,β-unsaturated/α-hetero) is 1. The first-order valence-electron chi connectivity index (χ1n) is 11.4. The van der Waals surface area contributed by atoms with Gasteiger partial charge in [-0.3, -0.25) is 19.3 Å². The predicted octanol–water partition coefficient (Wildman–Crippen LogP) is 3.61. The van der Waals surface area contributed by atoms with E-state index < -0.39 is 0 Å². The van der Waals surface area contributed by atoms with Crippen molar-refractivity contribution in [2.75, 3.05) is 38.0 Å². The van der Waals surface area contributed by atoms with Crippen LogP contribution < -0.4 is 5.32 Å². The molecule has 2 aromatic rings. The SMILES string of the molecule is CCc1ccc(C(=O)CCC(=O)N2CCN(CC(=O)Nc3cccc(C)c3C)CC2)cc1. The Labute approximate surface area is 190 Å². The van der Waals surface area contributed by atoms with E-state index in [0.717, 1.165) is 23.2 Å². The first kappa shape index (κ1) is 23.7. The number of nitrogens with zero attached hydrogens (tertiary/aromatic N) is 2. The molecule has 2 aromatic carbocycles. The maximum absolute atomic E-state index is 12.5. The van der Waals surface area contributed by atoms with E-state index in [9.17, 15) is 14.4 Å². The van der Waals surface area contributed by atoms with E-state index in [1.165, 1.54) is 5.56 Å². The number of benzene rings is 2. The molecule has 2 amide bonds. The molecule has 0 atom stereocenters. The maximum Gasteiger partial charge on any atom is 0.238 e. The van der Waals surface area contributed by atoms with Gasteiger partial charge in [0.2, 0.25) is 11.8 Å². The second-order valence-corrected chi connectivity index (χ2v) is 8.43. The molecule has 1 fully saturated rings. The van der Waals surface area contributed by atoms with E-state index >= 15 is 0 Å². The van der Waals surface area contributed by atoms with Gasteiger partial charge in [-0.2, -0.15) is 0 Å².